The van der Waals surface area contributed by atoms with Crippen LogP contribution in [0, 0.1) is 5.92 Å². The fraction of sp³-hybridized carbons (Fsp3) is 0.649. The fourth-order valence-electron chi connectivity index (χ4n) is 6.07. The minimum Gasteiger partial charge on any atom is -0.392 e. The number of rotatable bonds is 20. The number of benzene rings is 2. The lowest BCUT2D eigenvalue weighted by atomic mass is 9.90. The molecule has 0 aromatic heterocycles. The monoisotopic (exact) mass is 594 g/mol. The second-order valence-electron chi connectivity index (χ2n) is 12.5. The molecule has 4 atom stereocenters. The lowest BCUT2D eigenvalue weighted by Crippen LogP contribution is -2.45. The van der Waals surface area contributed by atoms with Gasteiger partial charge in [0.2, 0.25) is 5.91 Å². The summed E-state index contributed by atoms with van der Waals surface area (Å²) in [7, 11) is 0. The van der Waals surface area contributed by atoms with Gasteiger partial charge in [0.1, 0.15) is 0 Å². The highest BCUT2D eigenvalue weighted by atomic mass is 16.7. The molecule has 2 aromatic rings. The summed E-state index contributed by atoms with van der Waals surface area (Å²) in [6, 6.07) is 15.9. The summed E-state index contributed by atoms with van der Waals surface area (Å²) >= 11 is 0. The zero-order chi connectivity index (χ0) is 30.9. The fourth-order valence-corrected chi connectivity index (χ4v) is 6.07. The summed E-state index contributed by atoms with van der Waals surface area (Å²) in [5.74, 6) is 0.0439. The van der Waals surface area contributed by atoms with E-state index >= 15 is 0 Å². The standard InChI is InChI=1S/C37H58N2O4/c1-5-7-9-11-13-15-24-39(25-16-14-12-10-8-6-2)27-35-29(3)36(32-22-20-31(28-40)21-23-32)43-37(42-35)33-18-17-19-34(26-33)38-30(4)41/h17-23,26,29,35-37,40H,5-16,24-25,27-28H2,1-4H3,(H,38,41). The molecule has 2 aromatic carbocycles. The third-order valence-electron chi connectivity index (χ3n) is 8.70. The first kappa shape index (κ1) is 35.2. The molecule has 0 aliphatic carbocycles. The number of carbonyl (C=O) groups excluding carboxylic acids is 1. The average molecular weight is 595 g/mol. The molecule has 2 N–H and O–H groups in total. The topological polar surface area (TPSA) is 71.0 Å². The normalized spacial score (nSPS) is 20.4. The van der Waals surface area contributed by atoms with E-state index in [0.717, 1.165) is 42.0 Å². The summed E-state index contributed by atoms with van der Waals surface area (Å²) in [5, 5.41) is 12.5. The van der Waals surface area contributed by atoms with Crippen LogP contribution in [-0.2, 0) is 20.9 Å². The largest absolute Gasteiger partial charge is 0.392 e. The van der Waals surface area contributed by atoms with Crippen molar-refractivity contribution in [2.75, 3.05) is 25.0 Å². The molecule has 0 radical (unpaired) electrons. The minimum atomic E-state index is -0.539. The highest BCUT2D eigenvalue weighted by molar-refractivity contribution is 5.88. The van der Waals surface area contributed by atoms with Crippen molar-refractivity contribution in [3.63, 3.8) is 0 Å². The smallest absolute Gasteiger partial charge is 0.221 e. The van der Waals surface area contributed by atoms with Crippen molar-refractivity contribution >= 4 is 11.6 Å². The third kappa shape index (κ3) is 12.3. The average Bonchev–Trinajstić information content (AvgIpc) is 3.01. The lowest BCUT2D eigenvalue weighted by molar-refractivity contribution is -0.276. The molecule has 43 heavy (non-hydrogen) atoms. The first-order valence-electron chi connectivity index (χ1n) is 17.1. The van der Waals surface area contributed by atoms with Crippen LogP contribution in [0.15, 0.2) is 48.5 Å². The van der Waals surface area contributed by atoms with Crippen LogP contribution in [0.2, 0.25) is 0 Å². The van der Waals surface area contributed by atoms with E-state index in [-0.39, 0.29) is 30.6 Å². The Kier molecular flexibility index (Phi) is 16.3. The molecule has 0 spiro atoms. The van der Waals surface area contributed by atoms with Gasteiger partial charge in [0.05, 0.1) is 18.8 Å². The molecule has 4 unspecified atom stereocenters. The molecule has 6 nitrogen and oxygen atoms in total. The van der Waals surface area contributed by atoms with Crippen LogP contribution in [0.1, 0.15) is 134 Å². The van der Waals surface area contributed by atoms with Gasteiger partial charge < -0.3 is 24.8 Å². The Balaban J connectivity index is 1.78. The number of carbonyl (C=O) groups is 1. The van der Waals surface area contributed by atoms with E-state index in [9.17, 15) is 9.90 Å². The predicted octanol–water partition coefficient (Wildman–Crippen LogP) is 8.95. The Morgan fingerprint density at radius 1 is 0.814 bits per heavy atom. The van der Waals surface area contributed by atoms with Crippen LogP contribution in [0.25, 0.3) is 0 Å². The number of hydrogen-bond acceptors (Lipinski definition) is 5. The molecule has 1 amide bonds. The van der Waals surface area contributed by atoms with Gasteiger partial charge in [0.25, 0.3) is 0 Å². The predicted molar refractivity (Wildman–Crippen MR) is 177 cm³/mol. The molecule has 240 valence electrons. The molecule has 1 heterocycles. The van der Waals surface area contributed by atoms with Gasteiger partial charge in [-0.2, -0.15) is 0 Å². The Labute approximate surface area is 261 Å². The van der Waals surface area contributed by atoms with Crippen molar-refractivity contribution in [2.45, 2.75) is 130 Å². The van der Waals surface area contributed by atoms with E-state index in [1.54, 1.807) is 0 Å². The Morgan fingerprint density at radius 2 is 1.42 bits per heavy atom. The van der Waals surface area contributed by atoms with Crippen LogP contribution < -0.4 is 5.32 Å². The Bertz CT molecular complexity index is 1030. The van der Waals surface area contributed by atoms with E-state index < -0.39 is 6.29 Å². The van der Waals surface area contributed by atoms with Gasteiger partial charge >= 0.3 is 0 Å². The first-order chi connectivity index (χ1) is 20.9. The van der Waals surface area contributed by atoms with Crippen molar-refractivity contribution in [3.05, 3.63) is 65.2 Å². The van der Waals surface area contributed by atoms with Gasteiger partial charge in [-0.1, -0.05) is 121 Å². The van der Waals surface area contributed by atoms with E-state index in [0.29, 0.717) is 0 Å². The maximum atomic E-state index is 11.7. The molecular weight excluding hydrogens is 536 g/mol. The summed E-state index contributed by atoms with van der Waals surface area (Å²) in [6.45, 7) is 11.4. The molecule has 1 fully saturated rings. The number of anilines is 1. The van der Waals surface area contributed by atoms with Gasteiger partial charge in [-0.15, -0.1) is 0 Å². The van der Waals surface area contributed by atoms with Gasteiger partial charge in [0.15, 0.2) is 6.29 Å². The summed E-state index contributed by atoms with van der Waals surface area (Å²) in [6.07, 6.45) is 14.9. The highest BCUT2D eigenvalue weighted by Gasteiger charge is 2.39. The van der Waals surface area contributed by atoms with Gasteiger partial charge in [-0.25, -0.2) is 0 Å². The molecule has 0 saturated carbocycles. The number of hydrogen-bond donors (Lipinski definition) is 2. The molecule has 1 aliphatic rings. The zero-order valence-electron chi connectivity index (χ0n) is 27.4. The van der Waals surface area contributed by atoms with Crippen LogP contribution in [0.5, 0.6) is 0 Å². The molecule has 1 saturated heterocycles. The second-order valence-corrected chi connectivity index (χ2v) is 12.5. The highest BCUT2D eigenvalue weighted by Crippen LogP contribution is 2.42. The van der Waals surface area contributed by atoms with Crippen LogP contribution in [-0.4, -0.2) is 41.7 Å². The van der Waals surface area contributed by atoms with E-state index in [1.807, 2.05) is 36.4 Å². The number of unbranched alkanes of at least 4 members (excludes halogenated alkanes) is 10. The van der Waals surface area contributed by atoms with Crippen LogP contribution in [0.4, 0.5) is 5.69 Å². The molecule has 6 heteroatoms. The van der Waals surface area contributed by atoms with Crippen molar-refractivity contribution in [1.82, 2.24) is 4.90 Å². The summed E-state index contributed by atoms with van der Waals surface area (Å²) in [5.41, 5.74) is 3.63. The first-order valence-corrected chi connectivity index (χ1v) is 17.1. The number of aliphatic hydroxyl groups excluding tert-OH is 1. The molecule has 0 bridgehead atoms. The SMILES string of the molecule is CCCCCCCCN(CCCCCCCC)CC1OC(c2cccc(NC(C)=O)c2)OC(c2ccc(CO)cc2)C1C. The third-order valence-corrected chi connectivity index (χ3v) is 8.70. The number of nitrogens with one attached hydrogen (secondary N) is 1. The van der Waals surface area contributed by atoms with Gasteiger partial charge in [-0.05, 0) is 49.2 Å². The Morgan fingerprint density at radius 3 is 2.00 bits per heavy atom. The number of aliphatic hydroxyl groups is 1. The van der Waals surface area contributed by atoms with E-state index in [1.165, 1.54) is 84.0 Å². The van der Waals surface area contributed by atoms with Crippen LogP contribution >= 0.6 is 0 Å². The minimum absolute atomic E-state index is 0.00845. The summed E-state index contributed by atoms with van der Waals surface area (Å²) in [4.78, 5) is 14.4. The van der Waals surface area contributed by atoms with Crippen molar-refractivity contribution in [3.8, 4) is 0 Å². The van der Waals surface area contributed by atoms with Crippen molar-refractivity contribution < 1.29 is 19.4 Å². The molecule has 1 aliphatic heterocycles. The van der Waals surface area contributed by atoms with Gasteiger partial charge in [-0.3, -0.25) is 4.79 Å². The molecule has 3 rings (SSSR count). The quantitative estimate of drug-likeness (QED) is 0.150. The van der Waals surface area contributed by atoms with E-state index in [2.05, 4.69) is 43.1 Å². The van der Waals surface area contributed by atoms with Gasteiger partial charge in [0, 0.05) is 30.6 Å². The number of amides is 1. The van der Waals surface area contributed by atoms with Crippen molar-refractivity contribution in [1.29, 1.82) is 0 Å². The number of ether oxygens (including phenoxy) is 2. The zero-order valence-corrected chi connectivity index (χ0v) is 27.4. The molecular formula is C37H58N2O4. The Hall–Kier alpha value is -2.25. The van der Waals surface area contributed by atoms with Crippen LogP contribution in [0.3, 0.4) is 0 Å². The van der Waals surface area contributed by atoms with Crippen molar-refractivity contribution in [2.24, 2.45) is 5.92 Å². The summed E-state index contributed by atoms with van der Waals surface area (Å²) < 4.78 is 13.4. The maximum Gasteiger partial charge on any atom is 0.221 e. The lowest BCUT2D eigenvalue weighted by Gasteiger charge is -2.43. The van der Waals surface area contributed by atoms with E-state index in [4.69, 9.17) is 9.47 Å². The second kappa shape index (κ2) is 19.9. The maximum absolute atomic E-state index is 11.7. The number of nitrogens with zero attached hydrogens (tertiary/aromatic N) is 1.